The van der Waals surface area contributed by atoms with Gasteiger partial charge in [0.25, 0.3) is 0 Å². The summed E-state index contributed by atoms with van der Waals surface area (Å²) in [6, 6.07) is 0. The fraction of sp³-hybridized carbons (Fsp3) is 1.00. The van der Waals surface area contributed by atoms with Gasteiger partial charge in [-0.2, -0.15) is 0 Å². The van der Waals surface area contributed by atoms with Crippen molar-refractivity contribution in [1.29, 1.82) is 0 Å². The molecule has 15 heteroatoms. The predicted octanol–water partition coefficient (Wildman–Crippen LogP) is -7.45. The molecule has 0 aromatic heterocycles. The molecule has 1 rings (SSSR count). The number of hydrogen-bond acceptors (Lipinski definition) is 12. The topological polar surface area (TPSA) is 197 Å². The minimum absolute atomic E-state index is 0. The molecule has 1 heterocycles. The second-order valence-electron chi connectivity index (χ2n) is 7.75. The molecule has 0 atom stereocenters. The van der Waals surface area contributed by atoms with Crippen LogP contribution in [0.4, 0.5) is 0 Å². The molecule has 0 spiro atoms. The molecular weight excluding hydrogens is 530 g/mol. The first kappa shape index (κ1) is 38.1. The Morgan fingerprint density at radius 1 is 0.515 bits per heavy atom. The maximum absolute atomic E-state index is 8.49. The van der Waals surface area contributed by atoms with Crippen molar-refractivity contribution in [1.82, 2.24) is 19.6 Å². The van der Waals surface area contributed by atoms with Crippen LogP contribution in [0.15, 0.2) is 0 Å². The summed E-state index contributed by atoms with van der Waals surface area (Å²) in [7, 11) is -5.35. The van der Waals surface area contributed by atoms with Crippen LogP contribution in [0.3, 0.4) is 0 Å². The summed E-state index contributed by atoms with van der Waals surface area (Å²) >= 11 is 0. The van der Waals surface area contributed by atoms with Gasteiger partial charge in [-0.25, -0.2) is 37.3 Å². The van der Waals surface area contributed by atoms with Crippen molar-refractivity contribution >= 4 is 0 Å². The SMILES string of the molecule is CCCN1CCCN(C)CCN(C)CCCN(CCC)CC1.[Ni+2].[O-][Cl+3]([O-])([O-])[O-].[O-][Cl+3]([O-])([O-])[O-]. The maximum atomic E-state index is 8.49. The van der Waals surface area contributed by atoms with Crippen LogP contribution in [-0.2, 0) is 16.5 Å². The number of halogens is 2. The van der Waals surface area contributed by atoms with Gasteiger partial charge in [0, 0.05) is 26.2 Å². The summed E-state index contributed by atoms with van der Waals surface area (Å²) in [4.78, 5) is 10.3. The smallest absolute Gasteiger partial charge is 0.305 e. The van der Waals surface area contributed by atoms with Crippen LogP contribution < -0.4 is 37.3 Å². The van der Waals surface area contributed by atoms with Crippen molar-refractivity contribution in [2.24, 2.45) is 0 Å². The van der Waals surface area contributed by atoms with E-state index in [4.69, 9.17) is 37.3 Å². The third-order valence-corrected chi connectivity index (χ3v) is 4.70. The van der Waals surface area contributed by atoms with Gasteiger partial charge in [-0.1, -0.05) is 13.8 Å². The Labute approximate surface area is 212 Å². The average molecular weight is 570 g/mol. The van der Waals surface area contributed by atoms with Crippen LogP contribution >= 0.6 is 0 Å². The summed E-state index contributed by atoms with van der Waals surface area (Å²) in [6.45, 7) is 17.0. The van der Waals surface area contributed by atoms with Gasteiger partial charge in [0.05, 0.1) is 0 Å². The molecule has 1 saturated heterocycles. The molecule has 12 nitrogen and oxygen atoms in total. The van der Waals surface area contributed by atoms with Gasteiger partial charge in [0.15, 0.2) is 0 Å². The van der Waals surface area contributed by atoms with E-state index in [0.29, 0.717) is 0 Å². The number of rotatable bonds is 4. The minimum Gasteiger partial charge on any atom is -0.305 e. The Morgan fingerprint density at radius 2 is 0.788 bits per heavy atom. The summed E-state index contributed by atoms with van der Waals surface area (Å²) < 4.78 is 67.9. The molecule has 1 fully saturated rings. The van der Waals surface area contributed by atoms with Gasteiger partial charge in [-0.05, 0) is 79.0 Å². The van der Waals surface area contributed by atoms with Crippen LogP contribution in [0.1, 0.15) is 39.5 Å². The van der Waals surface area contributed by atoms with E-state index >= 15 is 0 Å². The molecule has 0 saturated carbocycles. The van der Waals surface area contributed by atoms with E-state index in [1.165, 1.54) is 91.1 Å². The predicted molar refractivity (Wildman–Crippen MR) is 97.7 cm³/mol. The first-order valence-electron chi connectivity index (χ1n) is 10.7. The number of likely N-dealkylation sites (N-methyl/N-ethyl adjacent to an activating group) is 2. The second kappa shape index (κ2) is 21.8. The van der Waals surface area contributed by atoms with Gasteiger partial charge >= 0.3 is 16.5 Å². The molecule has 0 N–H and O–H groups in total. The third kappa shape index (κ3) is 37.3. The molecule has 0 amide bonds. The molecular formula is C18H40Cl2N4NiO8. The van der Waals surface area contributed by atoms with E-state index in [-0.39, 0.29) is 16.5 Å². The number of hydrogen-bond donors (Lipinski definition) is 0. The van der Waals surface area contributed by atoms with Crippen LogP contribution in [0, 0.1) is 20.5 Å². The minimum atomic E-state index is -4.94. The molecule has 0 aromatic rings. The monoisotopic (exact) mass is 568 g/mol. The zero-order chi connectivity index (χ0) is 25.2. The molecule has 0 aliphatic carbocycles. The van der Waals surface area contributed by atoms with Crippen LogP contribution in [0.5, 0.6) is 0 Å². The van der Waals surface area contributed by atoms with Gasteiger partial charge in [0.1, 0.15) is 0 Å². The quantitative estimate of drug-likeness (QED) is 0.290. The third-order valence-electron chi connectivity index (χ3n) is 4.70. The molecule has 0 radical (unpaired) electrons. The Morgan fingerprint density at radius 3 is 1.03 bits per heavy atom. The molecule has 33 heavy (non-hydrogen) atoms. The van der Waals surface area contributed by atoms with E-state index in [1.807, 2.05) is 0 Å². The largest absolute Gasteiger partial charge is 2.00 e. The van der Waals surface area contributed by atoms with E-state index < -0.39 is 20.5 Å². The van der Waals surface area contributed by atoms with Crippen LogP contribution in [-0.4, -0.2) is 99.1 Å². The average Bonchev–Trinajstić information content (AvgIpc) is 2.61. The first-order valence-corrected chi connectivity index (χ1v) is 13.2. The van der Waals surface area contributed by atoms with Crippen molar-refractivity contribution in [3.8, 4) is 0 Å². The fourth-order valence-electron chi connectivity index (χ4n) is 3.28. The Hall–Kier alpha value is 0.594. The zero-order valence-corrected chi connectivity index (χ0v) is 22.5. The van der Waals surface area contributed by atoms with Crippen molar-refractivity contribution in [2.75, 3.05) is 79.5 Å². The first-order chi connectivity index (χ1) is 14.7. The van der Waals surface area contributed by atoms with Crippen molar-refractivity contribution in [3.05, 3.63) is 0 Å². The van der Waals surface area contributed by atoms with Crippen molar-refractivity contribution in [3.63, 3.8) is 0 Å². The van der Waals surface area contributed by atoms with E-state index in [2.05, 4.69) is 47.5 Å². The number of nitrogens with zero attached hydrogens (tertiary/aromatic N) is 4. The zero-order valence-electron chi connectivity index (χ0n) is 20.0. The fourth-order valence-corrected chi connectivity index (χ4v) is 3.28. The molecule has 0 bridgehead atoms. The van der Waals surface area contributed by atoms with E-state index in [1.54, 1.807) is 0 Å². The Balaban J connectivity index is -0.000000686. The van der Waals surface area contributed by atoms with Gasteiger partial charge < -0.3 is 19.6 Å². The second-order valence-corrected chi connectivity index (χ2v) is 9.26. The summed E-state index contributed by atoms with van der Waals surface area (Å²) in [5.41, 5.74) is 0. The van der Waals surface area contributed by atoms with Crippen molar-refractivity contribution in [2.45, 2.75) is 39.5 Å². The summed E-state index contributed by atoms with van der Waals surface area (Å²) in [5.74, 6) is 0. The maximum Gasteiger partial charge on any atom is 2.00 e. The Bertz CT molecular complexity index is 387. The molecule has 1 aliphatic heterocycles. The molecule has 0 unspecified atom stereocenters. The van der Waals surface area contributed by atoms with Gasteiger partial charge in [0.2, 0.25) is 0 Å². The summed E-state index contributed by atoms with van der Waals surface area (Å²) in [5, 5.41) is 0. The van der Waals surface area contributed by atoms with Gasteiger partial charge in [-0.15, -0.1) is 20.5 Å². The molecule has 1 aliphatic rings. The molecule has 0 aromatic carbocycles. The van der Waals surface area contributed by atoms with Gasteiger partial charge in [-0.3, -0.25) is 0 Å². The van der Waals surface area contributed by atoms with E-state index in [0.717, 1.165) is 0 Å². The molecule has 204 valence electrons. The van der Waals surface area contributed by atoms with Crippen LogP contribution in [0.2, 0.25) is 0 Å². The van der Waals surface area contributed by atoms with E-state index in [9.17, 15) is 0 Å². The van der Waals surface area contributed by atoms with Crippen molar-refractivity contribution < 1.29 is 74.2 Å². The normalized spacial score (nSPS) is 19.3. The van der Waals surface area contributed by atoms with Crippen LogP contribution in [0.25, 0.3) is 0 Å². The Kier molecular flexibility index (Phi) is 25.2. The standard InChI is InChI=1S/C18H40N4.2ClHO4.Ni/c1-5-9-21-13-7-11-19(3)15-16-20(4)12-8-14-22(10-6-2)18-17-21;2*2-1(3,4)5;/h5-18H2,1-4H3;2*(H,2,3,4,5);/q;;;+2/p-2. The summed E-state index contributed by atoms with van der Waals surface area (Å²) in [6.07, 6.45) is 5.14.